The zero-order chi connectivity index (χ0) is 13.2. The number of nitrogens with one attached hydrogen (secondary N) is 1. The normalized spacial score (nSPS) is 27.8. The van der Waals surface area contributed by atoms with Crippen molar-refractivity contribution in [1.82, 2.24) is 5.32 Å². The van der Waals surface area contributed by atoms with Crippen LogP contribution in [0.25, 0.3) is 0 Å². The van der Waals surface area contributed by atoms with Crippen molar-refractivity contribution in [3.05, 3.63) is 0 Å². The summed E-state index contributed by atoms with van der Waals surface area (Å²) in [7, 11) is 1.72. The molecule has 0 aliphatic heterocycles. The maximum absolute atomic E-state index is 5.52. The molecule has 0 heterocycles. The molecule has 0 bridgehead atoms. The van der Waals surface area contributed by atoms with Crippen molar-refractivity contribution in [2.75, 3.05) is 33.5 Å². The van der Waals surface area contributed by atoms with Gasteiger partial charge in [0.25, 0.3) is 0 Å². The standard InChI is InChI=1S/C15H31NO2/c1-4-9-16-15-8-7-14(13(15)2)6-5-10-18-12-11-17-3/h13-16H,4-12H2,1-3H3. The van der Waals surface area contributed by atoms with Crippen LogP contribution < -0.4 is 5.32 Å². The molecule has 1 rings (SSSR count). The first kappa shape index (κ1) is 15.9. The van der Waals surface area contributed by atoms with E-state index < -0.39 is 0 Å². The van der Waals surface area contributed by atoms with Crippen molar-refractivity contribution in [3.63, 3.8) is 0 Å². The Kier molecular flexibility index (Phi) is 8.64. The minimum atomic E-state index is 0.711. The van der Waals surface area contributed by atoms with Crippen LogP contribution in [0.2, 0.25) is 0 Å². The van der Waals surface area contributed by atoms with Crippen molar-refractivity contribution < 1.29 is 9.47 Å². The maximum Gasteiger partial charge on any atom is 0.0700 e. The summed E-state index contributed by atoms with van der Waals surface area (Å²) in [5.41, 5.74) is 0. The van der Waals surface area contributed by atoms with E-state index in [2.05, 4.69) is 19.2 Å². The summed E-state index contributed by atoms with van der Waals surface area (Å²) < 4.78 is 10.5. The van der Waals surface area contributed by atoms with Crippen LogP contribution in [0.3, 0.4) is 0 Å². The van der Waals surface area contributed by atoms with E-state index in [1.54, 1.807) is 7.11 Å². The van der Waals surface area contributed by atoms with Gasteiger partial charge in [-0.05, 0) is 50.5 Å². The lowest BCUT2D eigenvalue weighted by Gasteiger charge is -2.21. The highest BCUT2D eigenvalue weighted by molar-refractivity contribution is 4.86. The fraction of sp³-hybridized carbons (Fsp3) is 1.00. The van der Waals surface area contributed by atoms with Gasteiger partial charge in [-0.15, -0.1) is 0 Å². The molecule has 0 amide bonds. The van der Waals surface area contributed by atoms with E-state index >= 15 is 0 Å². The molecule has 1 N–H and O–H groups in total. The number of hydrogen-bond acceptors (Lipinski definition) is 3. The van der Waals surface area contributed by atoms with Gasteiger partial charge in [0.1, 0.15) is 0 Å². The van der Waals surface area contributed by atoms with Crippen LogP contribution in [0.4, 0.5) is 0 Å². The van der Waals surface area contributed by atoms with Gasteiger partial charge >= 0.3 is 0 Å². The number of hydrogen-bond donors (Lipinski definition) is 1. The van der Waals surface area contributed by atoms with Crippen LogP contribution in [0.5, 0.6) is 0 Å². The third kappa shape index (κ3) is 5.68. The van der Waals surface area contributed by atoms with Crippen molar-refractivity contribution in [1.29, 1.82) is 0 Å². The number of ether oxygens (including phenoxy) is 2. The summed E-state index contributed by atoms with van der Waals surface area (Å²) in [6.45, 7) is 8.15. The van der Waals surface area contributed by atoms with Crippen molar-refractivity contribution in [2.24, 2.45) is 11.8 Å². The molecule has 0 aromatic heterocycles. The SMILES string of the molecule is CCCNC1CCC(CCCOCCOC)C1C. The lowest BCUT2D eigenvalue weighted by molar-refractivity contribution is 0.0665. The summed E-state index contributed by atoms with van der Waals surface area (Å²) >= 11 is 0. The summed E-state index contributed by atoms with van der Waals surface area (Å²) in [6.07, 6.45) is 6.50. The van der Waals surface area contributed by atoms with Gasteiger partial charge in [0, 0.05) is 19.8 Å². The molecule has 1 aliphatic carbocycles. The predicted octanol–water partition coefficient (Wildman–Crippen LogP) is 2.84. The zero-order valence-electron chi connectivity index (χ0n) is 12.4. The van der Waals surface area contributed by atoms with Crippen molar-refractivity contribution in [3.8, 4) is 0 Å². The van der Waals surface area contributed by atoms with Crippen LogP contribution >= 0.6 is 0 Å². The first-order chi connectivity index (χ1) is 8.79. The molecule has 18 heavy (non-hydrogen) atoms. The molecule has 0 spiro atoms. The van der Waals surface area contributed by atoms with E-state index in [0.29, 0.717) is 6.61 Å². The van der Waals surface area contributed by atoms with Gasteiger partial charge in [-0.1, -0.05) is 13.8 Å². The van der Waals surface area contributed by atoms with Crippen LogP contribution in [-0.2, 0) is 9.47 Å². The minimum Gasteiger partial charge on any atom is -0.382 e. The Hall–Kier alpha value is -0.120. The topological polar surface area (TPSA) is 30.5 Å². The third-order valence-corrected chi connectivity index (χ3v) is 4.18. The Bertz CT molecular complexity index is 199. The summed E-state index contributed by atoms with van der Waals surface area (Å²) in [5, 5.41) is 3.68. The van der Waals surface area contributed by atoms with Gasteiger partial charge in [-0.2, -0.15) is 0 Å². The first-order valence-electron chi connectivity index (χ1n) is 7.59. The van der Waals surface area contributed by atoms with E-state index in [-0.39, 0.29) is 0 Å². The van der Waals surface area contributed by atoms with Gasteiger partial charge in [-0.25, -0.2) is 0 Å². The van der Waals surface area contributed by atoms with Crippen LogP contribution in [-0.4, -0.2) is 39.5 Å². The Morgan fingerprint density at radius 1 is 1.17 bits per heavy atom. The summed E-state index contributed by atoms with van der Waals surface area (Å²) in [4.78, 5) is 0. The lowest BCUT2D eigenvalue weighted by atomic mass is 9.91. The Labute approximate surface area is 113 Å². The average Bonchev–Trinajstić information content (AvgIpc) is 2.72. The molecule has 3 unspecified atom stereocenters. The molecule has 0 radical (unpaired) electrons. The Morgan fingerprint density at radius 2 is 2.00 bits per heavy atom. The monoisotopic (exact) mass is 257 g/mol. The number of methoxy groups -OCH3 is 1. The second kappa shape index (κ2) is 9.76. The van der Waals surface area contributed by atoms with Gasteiger partial charge in [-0.3, -0.25) is 0 Å². The van der Waals surface area contributed by atoms with Gasteiger partial charge in [0.05, 0.1) is 13.2 Å². The van der Waals surface area contributed by atoms with E-state index in [0.717, 1.165) is 31.1 Å². The van der Waals surface area contributed by atoms with E-state index in [1.165, 1.54) is 38.6 Å². The molecule has 108 valence electrons. The predicted molar refractivity (Wildman–Crippen MR) is 75.9 cm³/mol. The maximum atomic E-state index is 5.52. The zero-order valence-corrected chi connectivity index (χ0v) is 12.4. The van der Waals surface area contributed by atoms with E-state index in [1.807, 2.05) is 0 Å². The number of rotatable bonds is 10. The van der Waals surface area contributed by atoms with Gasteiger partial charge < -0.3 is 14.8 Å². The smallest absolute Gasteiger partial charge is 0.0700 e. The largest absolute Gasteiger partial charge is 0.382 e. The second-order valence-electron chi connectivity index (χ2n) is 5.50. The Balaban J connectivity index is 2.05. The highest BCUT2D eigenvalue weighted by Gasteiger charge is 2.31. The van der Waals surface area contributed by atoms with Crippen molar-refractivity contribution in [2.45, 2.75) is 52.0 Å². The lowest BCUT2D eigenvalue weighted by Crippen LogP contribution is -2.33. The molecule has 0 aromatic rings. The quantitative estimate of drug-likeness (QED) is 0.610. The fourth-order valence-electron chi connectivity index (χ4n) is 2.96. The summed E-state index contributed by atoms with van der Waals surface area (Å²) in [6, 6.07) is 0.754. The molecule has 1 fully saturated rings. The third-order valence-electron chi connectivity index (χ3n) is 4.18. The molecular formula is C15H31NO2. The van der Waals surface area contributed by atoms with Gasteiger partial charge in [0.15, 0.2) is 0 Å². The molecule has 3 heteroatoms. The molecule has 0 saturated heterocycles. The van der Waals surface area contributed by atoms with Crippen LogP contribution in [0.15, 0.2) is 0 Å². The van der Waals surface area contributed by atoms with Crippen molar-refractivity contribution >= 4 is 0 Å². The molecule has 1 saturated carbocycles. The first-order valence-corrected chi connectivity index (χ1v) is 7.59. The summed E-state index contributed by atoms with van der Waals surface area (Å²) in [5.74, 6) is 1.72. The molecule has 0 aromatic carbocycles. The molecule has 3 atom stereocenters. The average molecular weight is 257 g/mol. The molecule has 3 nitrogen and oxygen atoms in total. The van der Waals surface area contributed by atoms with E-state index in [4.69, 9.17) is 9.47 Å². The highest BCUT2D eigenvalue weighted by atomic mass is 16.5. The highest BCUT2D eigenvalue weighted by Crippen LogP contribution is 2.34. The molecule has 1 aliphatic rings. The van der Waals surface area contributed by atoms with E-state index in [9.17, 15) is 0 Å². The minimum absolute atomic E-state index is 0.711. The van der Waals surface area contributed by atoms with Crippen LogP contribution in [0, 0.1) is 11.8 Å². The van der Waals surface area contributed by atoms with Gasteiger partial charge in [0.2, 0.25) is 0 Å². The van der Waals surface area contributed by atoms with Crippen LogP contribution in [0.1, 0.15) is 46.0 Å². The Morgan fingerprint density at radius 3 is 2.72 bits per heavy atom. The molecular weight excluding hydrogens is 226 g/mol. The fourth-order valence-corrected chi connectivity index (χ4v) is 2.96. The second-order valence-corrected chi connectivity index (χ2v) is 5.50.